The summed E-state index contributed by atoms with van der Waals surface area (Å²) >= 11 is 7.68. The largest absolute Gasteiger partial charge is 0.484 e. The van der Waals surface area contributed by atoms with Crippen molar-refractivity contribution < 1.29 is 19.1 Å². The lowest BCUT2D eigenvalue weighted by molar-refractivity contribution is -0.139. The van der Waals surface area contributed by atoms with Gasteiger partial charge in [-0.2, -0.15) is 0 Å². The van der Waals surface area contributed by atoms with Crippen molar-refractivity contribution in [1.82, 2.24) is 5.32 Å². The number of esters is 1. The Hall–Kier alpha value is -1.02. The molecule has 0 saturated carbocycles. The molecular weight excluding hydrogens is 384 g/mol. The topological polar surface area (TPSA) is 64.6 Å². The van der Waals surface area contributed by atoms with Crippen LogP contribution in [0, 0.1) is 0 Å². The summed E-state index contributed by atoms with van der Waals surface area (Å²) < 4.78 is 9.38. The third-order valence-corrected chi connectivity index (χ3v) is 3.29. The first-order valence-electron chi connectivity index (χ1n) is 5.40. The van der Waals surface area contributed by atoms with Crippen molar-refractivity contribution in [2.24, 2.45) is 0 Å². The van der Waals surface area contributed by atoms with Crippen LogP contribution in [0.1, 0.15) is 0 Å². The molecule has 0 saturated heterocycles. The number of amides is 1. The Morgan fingerprint density at radius 3 is 2.84 bits per heavy atom. The molecule has 1 unspecified atom stereocenters. The van der Waals surface area contributed by atoms with E-state index in [0.717, 1.165) is 0 Å². The predicted molar refractivity (Wildman–Crippen MR) is 79.8 cm³/mol. The normalized spacial score (nSPS) is 11.5. The molecule has 0 aliphatic carbocycles. The fraction of sp³-hybridized carbons (Fsp3) is 0.333. The Bertz CT molecular complexity index is 455. The van der Waals surface area contributed by atoms with Gasteiger partial charge in [-0.1, -0.05) is 40.3 Å². The number of nitrogens with one attached hydrogen (secondary N) is 1. The minimum atomic E-state index is -0.419. The van der Waals surface area contributed by atoms with Gasteiger partial charge in [-0.05, 0) is 18.2 Å². The molecule has 0 fully saturated rings. The van der Waals surface area contributed by atoms with E-state index in [1.807, 2.05) is 22.6 Å². The van der Waals surface area contributed by atoms with Crippen LogP contribution in [0.2, 0.25) is 5.02 Å². The molecule has 0 radical (unpaired) electrons. The summed E-state index contributed by atoms with van der Waals surface area (Å²) in [5.74, 6) is -0.177. The fourth-order valence-electron chi connectivity index (χ4n) is 1.17. The molecule has 104 valence electrons. The van der Waals surface area contributed by atoms with Crippen LogP contribution in [0.15, 0.2) is 24.3 Å². The van der Waals surface area contributed by atoms with Crippen molar-refractivity contribution in [2.45, 2.75) is 3.92 Å². The summed E-state index contributed by atoms with van der Waals surface area (Å²) in [6.45, 7) is 0.0653. The second kappa shape index (κ2) is 8.21. The smallest absolute Gasteiger partial charge is 0.320 e. The lowest BCUT2D eigenvalue weighted by Gasteiger charge is -2.10. The fourth-order valence-corrected chi connectivity index (χ4v) is 1.83. The molecule has 19 heavy (non-hydrogen) atoms. The van der Waals surface area contributed by atoms with Crippen LogP contribution in [0.5, 0.6) is 5.75 Å². The van der Waals surface area contributed by atoms with Crippen LogP contribution < -0.4 is 10.1 Å². The average molecular weight is 398 g/mol. The highest BCUT2D eigenvalue weighted by atomic mass is 127. The number of hydrogen-bond donors (Lipinski definition) is 1. The molecule has 1 rings (SSSR count). The number of alkyl halides is 1. The van der Waals surface area contributed by atoms with E-state index >= 15 is 0 Å². The van der Waals surface area contributed by atoms with E-state index in [1.165, 1.54) is 7.11 Å². The number of hydrogen-bond acceptors (Lipinski definition) is 4. The number of benzene rings is 1. The van der Waals surface area contributed by atoms with Crippen LogP contribution in [0.3, 0.4) is 0 Å². The quantitative estimate of drug-likeness (QED) is 0.452. The molecule has 0 spiro atoms. The van der Waals surface area contributed by atoms with Crippen molar-refractivity contribution in [3.8, 4) is 5.75 Å². The monoisotopic (exact) mass is 397 g/mol. The number of carbonyl (C=O) groups is 2. The zero-order valence-corrected chi connectivity index (χ0v) is 13.1. The lowest BCUT2D eigenvalue weighted by atomic mass is 10.3. The van der Waals surface area contributed by atoms with Crippen molar-refractivity contribution >= 4 is 46.1 Å². The van der Waals surface area contributed by atoms with E-state index in [4.69, 9.17) is 16.3 Å². The first-order chi connectivity index (χ1) is 9.02. The maximum absolute atomic E-state index is 11.5. The molecule has 0 aliphatic heterocycles. The van der Waals surface area contributed by atoms with Crippen LogP contribution in [0.25, 0.3) is 0 Å². The van der Waals surface area contributed by atoms with Crippen LogP contribution in [-0.2, 0) is 14.3 Å². The van der Waals surface area contributed by atoms with Crippen molar-refractivity contribution in [2.75, 3.05) is 20.3 Å². The summed E-state index contributed by atoms with van der Waals surface area (Å²) in [6.07, 6.45) is 0. The number of halogens is 2. The molecule has 1 atom stereocenters. The first-order valence-corrected chi connectivity index (χ1v) is 7.02. The minimum absolute atomic E-state index is 0.134. The van der Waals surface area contributed by atoms with Gasteiger partial charge in [-0.3, -0.25) is 9.59 Å². The molecule has 0 aliphatic rings. The molecule has 5 nitrogen and oxygen atoms in total. The second-order valence-corrected chi connectivity index (χ2v) is 5.48. The predicted octanol–water partition coefficient (Wildman–Crippen LogP) is 1.81. The third kappa shape index (κ3) is 6.11. The van der Waals surface area contributed by atoms with Gasteiger partial charge < -0.3 is 14.8 Å². The van der Waals surface area contributed by atoms with E-state index in [2.05, 4.69) is 10.1 Å². The van der Waals surface area contributed by atoms with Gasteiger partial charge >= 0.3 is 5.97 Å². The first kappa shape index (κ1) is 16.0. The van der Waals surface area contributed by atoms with Crippen molar-refractivity contribution in [1.29, 1.82) is 0 Å². The van der Waals surface area contributed by atoms with Gasteiger partial charge in [0, 0.05) is 11.6 Å². The van der Waals surface area contributed by atoms with Crippen LogP contribution in [-0.4, -0.2) is 36.1 Å². The number of methoxy groups -OCH3 is 1. The molecule has 1 amide bonds. The van der Waals surface area contributed by atoms with Gasteiger partial charge in [0.1, 0.15) is 9.67 Å². The zero-order valence-electron chi connectivity index (χ0n) is 10.2. The average Bonchev–Trinajstić information content (AvgIpc) is 2.41. The van der Waals surface area contributed by atoms with Crippen molar-refractivity contribution in [3.05, 3.63) is 29.3 Å². The van der Waals surface area contributed by atoms with E-state index in [0.29, 0.717) is 10.8 Å². The maximum atomic E-state index is 11.5. The highest BCUT2D eigenvalue weighted by Crippen LogP contribution is 2.16. The van der Waals surface area contributed by atoms with Crippen molar-refractivity contribution in [3.63, 3.8) is 0 Å². The molecule has 1 N–H and O–H groups in total. The SMILES string of the molecule is COC(=O)C(I)CNC(=O)COc1cccc(Cl)c1. The van der Waals surface area contributed by atoms with Gasteiger partial charge in [0.2, 0.25) is 0 Å². The number of rotatable bonds is 6. The van der Waals surface area contributed by atoms with Gasteiger partial charge in [0.25, 0.3) is 5.91 Å². The molecule has 1 aromatic rings. The Morgan fingerprint density at radius 1 is 1.47 bits per heavy atom. The Morgan fingerprint density at radius 2 is 2.21 bits per heavy atom. The van der Waals surface area contributed by atoms with Gasteiger partial charge in [-0.25, -0.2) is 0 Å². The van der Waals surface area contributed by atoms with E-state index < -0.39 is 3.92 Å². The van der Waals surface area contributed by atoms with Crippen LogP contribution >= 0.6 is 34.2 Å². The third-order valence-electron chi connectivity index (χ3n) is 2.10. The molecule has 0 bridgehead atoms. The maximum Gasteiger partial charge on any atom is 0.320 e. The van der Waals surface area contributed by atoms with Gasteiger partial charge in [0.05, 0.1) is 7.11 Å². The molecule has 7 heteroatoms. The summed E-state index contributed by atoms with van der Waals surface area (Å²) in [4.78, 5) is 22.6. The number of carbonyl (C=O) groups excluding carboxylic acids is 2. The summed E-state index contributed by atoms with van der Waals surface area (Å²) in [5.41, 5.74) is 0. The Balaban J connectivity index is 2.30. The van der Waals surface area contributed by atoms with Gasteiger partial charge in [0.15, 0.2) is 6.61 Å². The van der Waals surface area contributed by atoms with E-state index in [9.17, 15) is 9.59 Å². The molecule has 0 aromatic heterocycles. The summed E-state index contributed by atoms with van der Waals surface area (Å²) in [5, 5.41) is 3.12. The standard InChI is InChI=1S/C12H13ClINO4/c1-18-12(17)10(14)6-15-11(16)7-19-9-4-2-3-8(13)5-9/h2-5,10H,6-7H2,1H3,(H,15,16). The van der Waals surface area contributed by atoms with Gasteiger partial charge in [-0.15, -0.1) is 0 Å². The zero-order chi connectivity index (χ0) is 14.3. The number of ether oxygens (including phenoxy) is 2. The molecule has 0 heterocycles. The highest BCUT2D eigenvalue weighted by Gasteiger charge is 2.15. The summed E-state index contributed by atoms with van der Waals surface area (Å²) in [6, 6.07) is 6.76. The Labute approximate surface area is 129 Å². The highest BCUT2D eigenvalue weighted by molar-refractivity contribution is 14.1. The Kier molecular flexibility index (Phi) is 6.93. The second-order valence-electron chi connectivity index (χ2n) is 3.54. The lowest BCUT2D eigenvalue weighted by Crippen LogP contribution is -2.36. The van der Waals surface area contributed by atoms with E-state index in [1.54, 1.807) is 24.3 Å². The minimum Gasteiger partial charge on any atom is -0.484 e. The van der Waals surface area contributed by atoms with E-state index in [-0.39, 0.29) is 25.0 Å². The summed E-state index contributed by atoms with van der Waals surface area (Å²) in [7, 11) is 1.30. The molecule has 1 aromatic carbocycles. The van der Waals surface area contributed by atoms with Crippen LogP contribution in [0.4, 0.5) is 0 Å². The molecular formula is C12H13ClINO4.